The fraction of sp³-hybridized carbons (Fsp3) is 0.176. The number of hydrogen-bond donors (Lipinski definition) is 2. The number of nitrogens with zero attached hydrogens (tertiary/aromatic N) is 2. The Morgan fingerprint density at radius 1 is 1.19 bits per heavy atom. The molecule has 0 spiro atoms. The molecule has 1 amide bonds. The van der Waals surface area contributed by atoms with Crippen LogP contribution in [-0.4, -0.2) is 50.7 Å². The minimum atomic E-state index is -3.80. The van der Waals surface area contributed by atoms with Gasteiger partial charge in [-0.15, -0.1) is 0 Å². The number of rotatable bonds is 7. The van der Waals surface area contributed by atoms with E-state index in [1.165, 1.54) is 56.8 Å². The molecule has 2 N–H and O–H groups in total. The molecule has 0 heterocycles. The van der Waals surface area contributed by atoms with Crippen molar-refractivity contribution in [1.82, 2.24) is 9.73 Å². The van der Waals surface area contributed by atoms with Gasteiger partial charge in [0.15, 0.2) is 0 Å². The van der Waals surface area contributed by atoms with E-state index < -0.39 is 15.9 Å². The second kappa shape index (κ2) is 8.45. The first-order chi connectivity index (χ1) is 12.3. The number of phenols is 1. The first kappa shape index (κ1) is 19.4. The van der Waals surface area contributed by atoms with E-state index in [0.717, 1.165) is 4.31 Å². The van der Waals surface area contributed by atoms with Crippen molar-refractivity contribution in [2.75, 3.05) is 20.7 Å². The van der Waals surface area contributed by atoms with Crippen molar-refractivity contribution in [2.24, 2.45) is 5.10 Å². The van der Waals surface area contributed by atoms with Gasteiger partial charge in [0.05, 0.1) is 24.8 Å². The molecule has 138 valence electrons. The molecule has 8 nitrogen and oxygen atoms in total. The summed E-state index contributed by atoms with van der Waals surface area (Å²) in [6.07, 6.45) is 1.38. The second-order valence-electron chi connectivity index (χ2n) is 5.32. The van der Waals surface area contributed by atoms with Crippen LogP contribution in [0.3, 0.4) is 0 Å². The molecule has 0 saturated heterocycles. The number of carbonyl (C=O) groups is 1. The number of likely N-dealkylation sites (N-methyl/N-ethyl adjacent to an activating group) is 1. The third kappa shape index (κ3) is 5.04. The summed E-state index contributed by atoms with van der Waals surface area (Å²) in [7, 11) is -1.01. The highest BCUT2D eigenvalue weighted by molar-refractivity contribution is 7.89. The Kier molecular flexibility index (Phi) is 6.31. The van der Waals surface area contributed by atoms with Crippen LogP contribution >= 0.6 is 0 Å². The van der Waals surface area contributed by atoms with Gasteiger partial charge in [-0.2, -0.15) is 9.41 Å². The van der Waals surface area contributed by atoms with Gasteiger partial charge in [0.25, 0.3) is 5.91 Å². The molecular weight excluding hydrogens is 358 g/mol. The van der Waals surface area contributed by atoms with Crippen LogP contribution in [0.15, 0.2) is 58.5 Å². The minimum Gasteiger partial charge on any atom is -0.508 e. The van der Waals surface area contributed by atoms with Crippen molar-refractivity contribution in [2.45, 2.75) is 4.90 Å². The zero-order valence-corrected chi connectivity index (χ0v) is 15.1. The molecule has 0 unspecified atom stereocenters. The number of methoxy groups -OCH3 is 1. The molecule has 0 aromatic heterocycles. The van der Waals surface area contributed by atoms with Gasteiger partial charge in [-0.25, -0.2) is 13.8 Å². The van der Waals surface area contributed by atoms with E-state index in [4.69, 9.17) is 4.74 Å². The minimum absolute atomic E-state index is 0.0567. The van der Waals surface area contributed by atoms with Gasteiger partial charge in [-0.05, 0) is 54.1 Å². The molecule has 0 atom stereocenters. The zero-order chi connectivity index (χ0) is 19.2. The van der Waals surface area contributed by atoms with Crippen LogP contribution in [0.4, 0.5) is 0 Å². The quantitative estimate of drug-likeness (QED) is 0.556. The molecule has 2 aromatic carbocycles. The molecule has 0 aliphatic rings. The maximum absolute atomic E-state index is 12.4. The van der Waals surface area contributed by atoms with Crippen LogP contribution in [0, 0.1) is 0 Å². The third-order valence-electron chi connectivity index (χ3n) is 3.43. The lowest BCUT2D eigenvalue weighted by atomic mass is 10.2. The summed E-state index contributed by atoms with van der Waals surface area (Å²) in [4.78, 5) is 11.9. The van der Waals surface area contributed by atoms with Crippen LogP contribution in [0.2, 0.25) is 0 Å². The van der Waals surface area contributed by atoms with Crippen molar-refractivity contribution in [3.63, 3.8) is 0 Å². The fourth-order valence-corrected chi connectivity index (χ4v) is 3.12. The predicted octanol–water partition coefficient (Wildman–Crippen LogP) is 1.17. The van der Waals surface area contributed by atoms with E-state index in [2.05, 4.69) is 10.5 Å². The van der Waals surface area contributed by atoms with Crippen molar-refractivity contribution < 1.29 is 23.1 Å². The van der Waals surface area contributed by atoms with Crippen molar-refractivity contribution in [3.05, 3.63) is 54.1 Å². The average molecular weight is 377 g/mol. The van der Waals surface area contributed by atoms with E-state index in [1.807, 2.05) is 0 Å². The van der Waals surface area contributed by atoms with Crippen LogP contribution in [0.5, 0.6) is 11.5 Å². The molecule has 2 rings (SSSR count). The van der Waals surface area contributed by atoms with E-state index in [9.17, 15) is 18.3 Å². The molecule has 0 radical (unpaired) electrons. The van der Waals surface area contributed by atoms with Gasteiger partial charge in [-0.1, -0.05) is 0 Å². The number of aromatic hydroxyl groups is 1. The smallest absolute Gasteiger partial charge is 0.255 e. The topological polar surface area (TPSA) is 108 Å². The molecular formula is C17H19N3O5S. The van der Waals surface area contributed by atoms with Crippen LogP contribution in [-0.2, 0) is 14.8 Å². The van der Waals surface area contributed by atoms with Gasteiger partial charge in [-0.3, -0.25) is 4.79 Å². The maximum atomic E-state index is 12.4. The molecule has 26 heavy (non-hydrogen) atoms. The van der Waals surface area contributed by atoms with E-state index >= 15 is 0 Å². The summed E-state index contributed by atoms with van der Waals surface area (Å²) in [5, 5.41) is 12.9. The normalized spacial score (nSPS) is 11.7. The molecule has 0 aliphatic heterocycles. The number of sulfonamides is 1. The molecule has 0 bridgehead atoms. The first-order valence-electron chi connectivity index (χ1n) is 7.54. The number of ether oxygens (including phenoxy) is 1. The number of benzene rings is 2. The molecule has 0 aliphatic carbocycles. The van der Waals surface area contributed by atoms with Gasteiger partial charge < -0.3 is 9.84 Å². The van der Waals surface area contributed by atoms with Crippen LogP contribution < -0.4 is 10.2 Å². The summed E-state index contributed by atoms with van der Waals surface area (Å²) >= 11 is 0. The number of carbonyl (C=O) groups excluding carboxylic acids is 1. The fourth-order valence-electron chi connectivity index (χ4n) is 1.99. The largest absolute Gasteiger partial charge is 0.508 e. The summed E-state index contributed by atoms with van der Waals surface area (Å²) in [5.74, 6) is 0.0732. The van der Waals surface area contributed by atoms with Gasteiger partial charge in [0.2, 0.25) is 10.0 Å². The monoisotopic (exact) mass is 377 g/mol. The van der Waals surface area contributed by atoms with Crippen molar-refractivity contribution >= 4 is 22.1 Å². The van der Waals surface area contributed by atoms with Crippen molar-refractivity contribution in [3.8, 4) is 11.5 Å². The van der Waals surface area contributed by atoms with E-state index in [1.54, 1.807) is 12.1 Å². The number of hydrazone groups is 1. The second-order valence-corrected chi connectivity index (χ2v) is 7.37. The highest BCUT2D eigenvalue weighted by Gasteiger charge is 2.22. The summed E-state index contributed by atoms with van der Waals surface area (Å²) in [6, 6.07) is 12.1. The Morgan fingerprint density at radius 3 is 2.38 bits per heavy atom. The van der Waals surface area contributed by atoms with Gasteiger partial charge >= 0.3 is 0 Å². The Labute approximate surface area is 151 Å². The summed E-state index contributed by atoms with van der Waals surface area (Å²) in [6.45, 7) is -0.388. The lowest BCUT2D eigenvalue weighted by Crippen LogP contribution is -2.36. The van der Waals surface area contributed by atoms with Gasteiger partial charge in [0.1, 0.15) is 11.5 Å². The number of amides is 1. The molecule has 0 saturated carbocycles. The summed E-state index contributed by atoms with van der Waals surface area (Å²) < 4.78 is 30.8. The molecule has 0 fully saturated rings. The van der Waals surface area contributed by atoms with E-state index in [-0.39, 0.29) is 17.2 Å². The average Bonchev–Trinajstić information content (AvgIpc) is 2.63. The predicted molar refractivity (Wildman–Crippen MR) is 96.7 cm³/mol. The number of hydrogen-bond acceptors (Lipinski definition) is 6. The third-order valence-corrected chi connectivity index (χ3v) is 5.25. The lowest BCUT2D eigenvalue weighted by molar-refractivity contribution is -0.121. The van der Waals surface area contributed by atoms with Crippen LogP contribution in [0.25, 0.3) is 0 Å². The Balaban J connectivity index is 1.95. The van der Waals surface area contributed by atoms with Crippen molar-refractivity contribution in [1.29, 1.82) is 0 Å². The number of phenolic OH excluding ortho intramolecular Hbond substituents is 1. The maximum Gasteiger partial charge on any atom is 0.255 e. The Bertz CT molecular complexity index is 878. The van der Waals surface area contributed by atoms with Gasteiger partial charge in [0, 0.05) is 7.05 Å². The molecule has 9 heteroatoms. The highest BCUT2D eigenvalue weighted by atomic mass is 32.2. The standard InChI is InChI=1S/C17H19N3O5S/c1-20(26(23,24)16-9-7-15(25-2)8-10-16)12-17(22)19-18-11-13-3-5-14(21)6-4-13/h3-11,21H,12H2,1-2H3,(H,19,22)/b18-11-. The summed E-state index contributed by atoms with van der Waals surface area (Å²) in [5.41, 5.74) is 2.93. The van der Waals surface area contributed by atoms with Crippen LogP contribution in [0.1, 0.15) is 5.56 Å². The highest BCUT2D eigenvalue weighted by Crippen LogP contribution is 2.18. The Hall–Kier alpha value is -2.91. The lowest BCUT2D eigenvalue weighted by Gasteiger charge is -2.16. The van der Waals surface area contributed by atoms with E-state index in [0.29, 0.717) is 11.3 Å². The molecule has 2 aromatic rings. The number of nitrogens with one attached hydrogen (secondary N) is 1. The zero-order valence-electron chi connectivity index (χ0n) is 14.3. The SMILES string of the molecule is COc1ccc(S(=O)(=O)N(C)CC(=O)N/N=C\c2ccc(O)cc2)cc1. The first-order valence-corrected chi connectivity index (χ1v) is 8.98. The Morgan fingerprint density at radius 2 is 1.81 bits per heavy atom.